The summed E-state index contributed by atoms with van der Waals surface area (Å²) < 4.78 is 10.8. The molecule has 0 unspecified atom stereocenters. The Morgan fingerprint density at radius 2 is 2.04 bits per heavy atom. The molecule has 5 heteroatoms. The molecule has 24 heavy (non-hydrogen) atoms. The minimum absolute atomic E-state index is 0.283. The first-order valence-corrected chi connectivity index (χ1v) is 8.17. The number of methoxy groups -OCH3 is 1. The van der Waals surface area contributed by atoms with E-state index in [1.807, 2.05) is 30.3 Å². The van der Waals surface area contributed by atoms with Crippen molar-refractivity contribution >= 4 is 17.4 Å². The predicted octanol–water partition coefficient (Wildman–Crippen LogP) is 2.97. The Bertz CT molecular complexity index is 613. The van der Waals surface area contributed by atoms with E-state index in [0.29, 0.717) is 12.0 Å². The molecule has 1 aliphatic heterocycles. The largest absolute Gasteiger partial charge is 0.468 e. The lowest BCUT2D eigenvalue weighted by molar-refractivity contribution is -0.175. The minimum Gasteiger partial charge on any atom is -0.468 e. The number of carbonyl (C=O) groups is 2. The van der Waals surface area contributed by atoms with Gasteiger partial charge in [-0.3, -0.25) is 9.59 Å². The Labute approximate surface area is 143 Å². The lowest BCUT2D eigenvalue weighted by Gasteiger charge is -2.41. The first-order chi connectivity index (χ1) is 11.4. The smallest absolute Gasteiger partial charge is 0.322 e. The van der Waals surface area contributed by atoms with E-state index in [1.165, 1.54) is 7.11 Å². The lowest BCUT2D eigenvalue weighted by atomic mass is 9.72. The summed E-state index contributed by atoms with van der Waals surface area (Å²) in [5.41, 5.74) is 0.0302. The highest BCUT2D eigenvalue weighted by Crippen LogP contribution is 2.39. The summed E-state index contributed by atoms with van der Waals surface area (Å²) in [6.07, 6.45) is 0.436. The molecule has 0 bridgehead atoms. The molecule has 1 aromatic rings. The number of ether oxygens (including phenoxy) is 2. The maximum Gasteiger partial charge on any atom is 0.322 e. The van der Waals surface area contributed by atoms with E-state index in [-0.39, 0.29) is 11.9 Å². The van der Waals surface area contributed by atoms with Gasteiger partial charge in [0.05, 0.1) is 19.3 Å². The van der Waals surface area contributed by atoms with Crippen LogP contribution in [0.3, 0.4) is 0 Å². The van der Waals surface area contributed by atoms with Gasteiger partial charge in [0.25, 0.3) is 0 Å². The third kappa shape index (κ3) is 3.51. The van der Waals surface area contributed by atoms with Gasteiger partial charge in [-0.15, -0.1) is 0 Å². The van der Waals surface area contributed by atoms with E-state index in [2.05, 4.69) is 11.9 Å². The van der Waals surface area contributed by atoms with Crippen LogP contribution in [0.5, 0.6) is 0 Å². The Hall–Kier alpha value is -2.14. The summed E-state index contributed by atoms with van der Waals surface area (Å²) in [5.74, 6) is -0.851. The third-order valence-corrected chi connectivity index (χ3v) is 4.62. The summed E-state index contributed by atoms with van der Waals surface area (Å²) in [4.78, 5) is 24.9. The van der Waals surface area contributed by atoms with Gasteiger partial charge in [0, 0.05) is 17.8 Å². The van der Waals surface area contributed by atoms with Crippen molar-refractivity contribution in [3.8, 4) is 0 Å². The molecule has 0 aromatic heterocycles. The van der Waals surface area contributed by atoms with Crippen LogP contribution < -0.4 is 5.32 Å². The van der Waals surface area contributed by atoms with E-state index in [4.69, 9.17) is 9.47 Å². The highest BCUT2D eigenvalue weighted by Gasteiger charge is 2.54. The SMILES string of the molecule is C=C1C(=O)[C@](C)(C(=O)OC)[C@@H](CCCNc2ccccc2)O[C@H]1C. The Kier molecular flexibility index (Phi) is 5.78. The van der Waals surface area contributed by atoms with Crippen LogP contribution in [0.25, 0.3) is 0 Å². The minimum atomic E-state index is -1.33. The highest BCUT2D eigenvalue weighted by atomic mass is 16.5. The average Bonchev–Trinajstić information content (AvgIpc) is 2.61. The molecule has 0 radical (unpaired) electrons. The summed E-state index contributed by atoms with van der Waals surface area (Å²) in [6, 6.07) is 9.87. The fourth-order valence-corrected chi connectivity index (χ4v) is 3.00. The second kappa shape index (κ2) is 7.62. The van der Waals surface area contributed by atoms with Crippen molar-refractivity contribution in [1.82, 2.24) is 0 Å². The van der Waals surface area contributed by atoms with E-state index in [0.717, 1.165) is 18.7 Å². The molecule has 0 spiro atoms. The van der Waals surface area contributed by atoms with Crippen LogP contribution in [-0.2, 0) is 19.1 Å². The number of para-hydroxylation sites is 1. The molecule has 1 heterocycles. The number of esters is 1. The van der Waals surface area contributed by atoms with Gasteiger partial charge in [0.1, 0.15) is 0 Å². The highest BCUT2D eigenvalue weighted by molar-refractivity contribution is 6.13. The van der Waals surface area contributed by atoms with Gasteiger partial charge in [-0.05, 0) is 38.8 Å². The monoisotopic (exact) mass is 331 g/mol. The van der Waals surface area contributed by atoms with Crippen molar-refractivity contribution in [2.45, 2.75) is 38.9 Å². The van der Waals surface area contributed by atoms with Crippen LogP contribution in [0.2, 0.25) is 0 Å². The van der Waals surface area contributed by atoms with Crippen molar-refractivity contribution < 1.29 is 19.1 Å². The molecule has 1 aromatic carbocycles. The number of rotatable bonds is 6. The Balaban J connectivity index is 2.01. The molecule has 3 atom stereocenters. The number of Topliss-reactive ketones (excluding diaryl/α,β-unsaturated/α-hetero) is 1. The van der Waals surface area contributed by atoms with Crippen molar-refractivity contribution in [2.24, 2.45) is 5.41 Å². The molecule has 2 rings (SSSR count). The van der Waals surface area contributed by atoms with Crippen LogP contribution in [0.1, 0.15) is 26.7 Å². The number of anilines is 1. The zero-order valence-corrected chi connectivity index (χ0v) is 14.5. The van der Waals surface area contributed by atoms with Crippen LogP contribution in [0, 0.1) is 5.41 Å². The maximum atomic E-state index is 12.6. The number of hydrogen-bond acceptors (Lipinski definition) is 5. The average molecular weight is 331 g/mol. The molecule has 130 valence electrons. The summed E-state index contributed by atoms with van der Waals surface area (Å²) in [6.45, 7) is 7.87. The van der Waals surface area contributed by atoms with E-state index >= 15 is 0 Å². The Morgan fingerprint density at radius 1 is 1.38 bits per heavy atom. The molecule has 0 aliphatic carbocycles. The number of nitrogens with one attached hydrogen (secondary N) is 1. The quantitative estimate of drug-likeness (QED) is 0.376. The van der Waals surface area contributed by atoms with E-state index in [1.54, 1.807) is 13.8 Å². The van der Waals surface area contributed by atoms with Gasteiger partial charge in [-0.2, -0.15) is 0 Å². The molecule has 1 aliphatic rings. The lowest BCUT2D eigenvalue weighted by Crippen LogP contribution is -2.55. The first-order valence-electron chi connectivity index (χ1n) is 8.17. The van der Waals surface area contributed by atoms with Gasteiger partial charge in [-0.1, -0.05) is 24.8 Å². The number of carbonyl (C=O) groups excluding carboxylic acids is 2. The van der Waals surface area contributed by atoms with Crippen molar-refractivity contribution in [3.05, 3.63) is 42.5 Å². The standard InChI is InChI=1S/C19H25NO4/c1-13-14(2)24-16(19(3,17(13)21)18(22)23-4)11-8-12-20-15-9-6-5-7-10-15/h5-7,9-10,14,16,20H,1,8,11-12H2,2-4H3/t14-,16+,19+/m0/s1. The molecule has 1 fully saturated rings. The molecule has 0 amide bonds. The van der Waals surface area contributed by atoms with Gasteiger partial charge in [0.15, 0.2) is 11.2 Å². The number of ketones is 1. The fourth-order valence-electron chi connectivity index (χ4n) is 3.00. The van der Waals surface area contributed by atoms with E-state index < -0.39 is 17.5 Å². The van der Waals surface area contributed by atoms with Crippen LogP contribution >= 0.6 is 0 Å². The van der Waals surface area contributed by atoms with Crippen LogP contribution in [-0.4, -0.2) is 37.6 Å². The normalized spacial score (nSPS) is 27.0. The van der Waals surface area contributed by atoms with Gasteiger partial charge in [-0.25, -0.2) is 0 Å². The summed E-state index contributed by atoms with van der Waals surface area (Å²) in [7, 11) is 1.29. The topological polar surface area (TPSA) is 64.6 Å². The van der Waals surface area contributed by atoms with Crippen LogP contribution in [0.4, 0.5) is 5.69 Å². The van der Waals surface area contributed by atoms with Gasteiger partial charge >= 0.3 is 5.97 Å². The molecular formula is C19H25NO4. The molecule has 1 N–H and O–H groups in total. The summed E-state index contributed by atoms with van der Waals surface area (Å²) in [5, 5.41) is 3.31. The molecule has 0 saturated carbocycles. The summed E-state index contributed by atoms with van der Waals surface area (Å²) >= 11 is 0. The molecule has 1 saturated heterocycles. The van der Waals surface area contributed by atoms with Crippen molar-refractivity contribution in [1.29, 1.82) is 0 Å². The predicted molar refractivity (Wildman–Crippen MR) is 92.8 cm³/mol. The molecular weight excluding hydrogens is 306 g/mol. The zero-order valence-electron chi connectivity index (χ0n) is 14.5. The van der Waals surface area contributed by atoms with E-state index in [9.17, 15) is 9.59 Å². The van der Waals surface area contributed by atoms with Crippen molar-refractivity contribution in [2.75, 3.05) is 19.0 Å². The molecule has 5 nitrogen and oxygen atoms in total. The number of hydrogen-bond donors (Lipinski definition) is 1. The zero-order chi connectivity index (χ0) is 17.7. The van der Waals surface area contributed by atoms with Crippen molar-refractivity contribution in [3.63, 3.8) is 0 Å². The van der Waals surface area contributed by atoms with Gasteiger partial charge < -0.3 is 14.8 Å². The first kappa shape index (κ1) is 18.2. The fraction of sp³-hybridized carbons (Fsp3) is 0.474. The van der Waals surface area contributed by atoms with Crippen LogP contribution in [0.15, 0.2) is 42.5 Å². The van der Waals surface area contributed by atoms with Gasteiger partial charge in [0.2, 0.25) is 0 Å². The number of benzene rings is 1. The second-order valence-electron chi connectivity index (χ2n) is 6.25. The Morgan fingerprint density at radius 3 is 2.67 bits per heavy atom. The second-order valence-corrected chi connectivity index (χ2v) is 6.25. The third-order valence-electron chi connectivity index (χ3n) is 4.62. The maximum absolute atomic E-state index is 12.6.